The van der Waals surface area contributed by atoms with Gasteiger partial charge in [0.2, 0.25) is 0 Å². The van der Waals surface area contributed by atoms with Crippen molar-refractivity contribution in [3.8, 4) is 0 Å². The van der Waals surface area contributed by atoms with Gasteiger partial charge in [-0.25, -0.2) is 0 Å². The third-order valence-corrected chi connectivity index (χ3v) is 5.22. The summed E-state index contributed by atoms with van der Waals surface area (Å²) in [5.41, 5.74) is 8.60. The molecule has 0 radical (unpaired) electrons. The maximum atomic E-state index is 4.68. The molecule has 120 valence electrons. The SMILES string of the molecule is CC1=Nc2ccccc2/C1=C\C=C1\N(C)c2ccccc2C1(C)C. The molecule has 2 heterocycles. The van der Waals surface area contributed by atoms with Gasteiger partial charge in [0, 0.05) is 40.7 Å². The highest BCUT2D eigenvalue weighted by Crippen LogP contribution is 2.46. The highest BCUT2D eigenvalue weighted by atomic mass is 15.2. The van der Waals surface area contributed by atoms with Crippen molar-refractivity contribution in [2.45, 2.75) is 26.2 Å². The van der Waals surface area contributed by atoms with E-state index in [1.54, 1.807) is 0 Å². The highest BCUT2D eigenvalue weighted by molar-refractivity contribution is 6.28. The van der Waals surface area contributed by atoms with Gasteiger partial charge in [-0.1, -0.05) is 56.3 Å². The molecular formula is C22H22N2. The lowest BCUT2D eigenvalue weighted by atomic mass is 9.83. The van der Waals surface area contributed by atoms with Crippen LogP contribution in [0.4, 0.5) is 11.4 Å². The van der Waals surface area contributed by atoms with Crippen molar-refractivity contribution in [3.05, 3.63) is 77.5 Å². The van der Waals surface area contributed by atoms with Crippen LogP contribution in [0.5, 0.6) is 0 Å². The summed E-state index contributed by atoms with van der Waals surface area (Å²) in [5.74, 6) is 0. The van der Waals surface area contributed by atoms with Gasteiger partial charge in [0.1, 0.15) is 0 Å². The van der Waals surface area contributed by atoms with Gasteiger partial charge >= 0.3 is 0 Å². The molecule has 2 aliphatic heterocycles. The first kappa shape index (κ1) is 14.9. The molecule has 0 fully saturated rings. The topological polar surface area (TPSA) is 15.6 Å². The summed E-state index contributed by atoms with van der Waals surface area (Å²) in [6.07, 6.45) is 4.49. The predicted octanol–water partition coefficient (Wildman–Crippen LogP) is 5.49. The molecule has 0 bridgehead atoms. The van der Waals surface area contributed by atoms with Crippen molar-refractivity contribution in [2.24, 2.45) is 4.99 Å². The maximum Gasteiger partial charge on any atom is 0.0712 e. The lowest BCUT2D eigenvalue weighted by Crippen LogP contribution is -2.22. The van der Waals surface area contributed by atoms with Gasteiger partial charge in [-0.15, -0.1) is 0 Å². The molecule has 0 aliphatic carbocycles. The van der Waals surface area contributed by atoms with E-state index in [1.165, 1.54) is 28.1 Å². The van der Waals surface area contributed by atoms with Crippen molar-refractivity contribution < 1.29 is 0 Å². The van der Waals surface area contributed by atoms with Crippen LogP contribution in [0.1, 0.15) is 31.9 Å². The number of hydrogen-bond acceptors (Lipinski definition) is 2. The molecule has 0 unspecified atom stereocenters. The zero-order chi connectivity index (χ0) is 16.9. The second-order valence-corrected chi connectivity index (χ2v) is 7.05. The van der Waals surface area contributed by atoms with Gasteiger partial charge in [0.25, 0.3) is 0 Å². The molecule has 4 rings (SSSR count). The summed E-state index contributed by atoms with van der Waals surface area (Å²) in [4.78, 5) is 6.98. The van der Waals surface area contributed by atoms with E-state index < -0.39 is 0 Å². The van der Waals surface area contributed by atoms with E-state index in [0.29, 0.717) is 0 Å². The van der Waals surface area contributed by atoms with E-state index in [1.807, 2.05) is 6.07 Å². The Morgan fingerprint density at radius 2 is 1.67 bits per heavy atom. The number of allylic oxidation sites excluding steroid dienone is 4. The molecule has 0 saturated heterocycles. The lowest BCUT2D eigenvalue weighted by Gasteiger charge is -2.23. The number of nitrogens with zero attached hydrogens (tertiary/aromatic N) is 2. The first-order valence-corrected chi connectivity index (χ1v) is 8.41. The van der Waals surface area contributed by atoms with Crippen molar-refractivity contribution in [3.63, 3.8) is 0 Å². The maximum absolute atomic E-state index is 4.68. The quantitative estimate of drug-likeness (QED) is 0.680. The third kappa shape index (κ3) is 2.06. The van der Waals surface area contributed by atoms with Gasteiger partial charge in [0.15, 0.2) is 0 Å². The van der Waals surface area contributed by atoms with E-state index in [0.717, 1.165) is 11.4 Å². The number of aliphatic imine (C=N–C) groups is 1. The Kier molecular flexibility index (Phi) is 3.24. The van der Waals surface area contributed by atoms with Gasteiger partial charge < -0.3 is 4.90 Å². The minimum atomic E-state index is 0.00553. The zero-order valence-corrected chi connectivity index (χ0v) is 14.7. The standard InChI is InChI=1S/C22H22N2/c1-15-16(17-9-5-7-11-19(17)23-15)13-14-21-22(2,3)18-10-6-8-12-20(18)24(21)4/h5-14H,1-4H3/b16-13-,21-14+. The summed E-state index contributed by atoms with van der Waals surface area (Å²) in [6.45, 7) is 6.68. The summed E-state index contributed by atoms with van der Waals surface area (Å²) in [7, 11) is 2.15. The van der Waals surface area contributed by atoms with E-state index in [9.17, 15) is 0 Å². The number of fused-ring (bicyclic) bond motifs is 2. The molecule has 0 spiro atoms. The number of anilines is 1. The monoisotopic (exact) mass is 314 g/mol. The molecule has 0 amide bonds. The van der Waals surface area contributed by atoms with Crippen LogP contribution < -0.4 is 4.90 Å². The largest absolute Gasteiger partial charge is 0.347 e. The van der Waals surface area contributed by atoms with Crippen LogP contribution in [0.2, 0.25) is 0 Å². The van der Waals surface area contributed by atoms with Crippen LogP contribution in [0.3, 0.4) is 0 Å². The van der Waals surface area contributed by atoms with Crippen LogP contribution in [0, 0.1) is 0 Å². The molecule has 2 aromatic rings. The normalized spacial score (nSPS) is 21.2. The molecule has 0 N–H and O–H groups in total. The molecule has 2 aliphatic rings. The first-order valence-electron chi connectivity index (χ1n) is 8.41. The number of rotatable bonds is 1. The van der Waals surface area contributed by atoms with E-state index in [2.05, 4.69) is 92.3 Å². The van der Waals surface area contributed by atoms with E-state index >= 15 is 0 Å². The smallest absolute Gasteiger partial charge is 0.0712 e. The molecule has 2 nitrogen and oxygen atoms in total. The summed E-state index contributed by atoms with van der Waals surface area (Å²) in [5, 5.41) is 0. The van der Waals surface area contributed by atoms with Crippen molar-refractivity contribution in [2.75, 3.05) is 11.9 Å². The van der Waals surface area contributed by atoms with E-state index in [4.69, 9.17) is 0 Å². The van der Waals surface area contributed by atoms with Gasteiger partial charge in [0.05, 0.1) is 5.69 Å². The Balaban J connectivity index is 1.80. The Hall–Kier alpha value is -2.61. The molecule has 24 heavy (non-hydrogen) atoms. The first-order chi connectivity index (χ1) is 11.5. The van der Waals surface area contributed by atoms with Crippen molar-refractivity contribution in [1.29, 1.82) is 0 Å². The molecule has 2 heteroatoms. The summed E-state index contributed by atoms with van der Waals surface area (Å²) >= 11 is 0. The summed E-state index contributed by atoms with van der Waals surface area (Å²) < 4.78 is 0. The lowest BCUT2D eigenvalue weighted by molar-refractivity contribution is 0.640. The van der Waals surface area contributed by atoms with Crippen molar-refractivity contribution in [1.82, 2.24) is 0 Å². The highest BCUT2D eigenvalue weighted by Gasteiger charge is 2.37. The average Bonchev–Trinajstić information content (AvgIpc) is 2.99. The third-order valence-electron chi connectivity index (χ3n) is 5.22. The molecule has 2 aromatic carbocycles. The number of para-hydroxylation sites is 2. The minimum Gasteiger partial charge on any atom is -0.347 e. The molecule has 0 atom stereocenters. The fourth-order valence-electron chi connectivity index (χ4n) is 3.91. The summed E-state index contributed by atoms with van der Waals surface area (Å²) in [6, 6.07) is 17.0. The molecule has 0 saturated carbocycles. The number of benzene rings is 2. The van der Waals surface area contributed by atoms with E-state index in [-0.39, 0.29) is 5.41 Å². The predicted molar refractivity (Wildman–Crippen MR) is 103 cm³/mol. The zero-order valence-electron chi connectivity index (χ0n) is 14.7. The minimum absolute atomic E-state index is 0.00553. The fraction of sp³-hybridized carbons (Fsp3) is 0.227. The Labute approximate surface area is 143 Å². The number of likely N-dealkylation sites (N-methyl/N-ethyl adjacent to an activating group) is 1. The van der Waals surface area contributed by atoms with Crippen LogP contribution >= 0.6 is 0 Å². The van der Waals surface area contributed by atoms with Crippen LogP contribution in [-0.4, -0.2) is 12.8 Å². The molecular weight excluding hydrogens is 292 g/mol. The second kappa shape index (κ2) is 5.20. The fourth-order valence-corrected chi connectivity index (χ4v) is 3.91. The number of hydrogen-bond donors (Lipinski definition) is 0. The average molecular weight is 314 g/mol. The Morgan fingerprint density at radius 1 is 0.958 bits per heavy atom. The Morgan fingerprint density at radius 3 is 2.46 bits per heavy atom. The van der Waals surface area contributed by atoms with Gasteiger partial charge in [-0.3, -0.25) is 4.99 Å². The van der Waals surface area contributed by atoms with Crippen LogP contribution in [0.25, 0.3) is 5.57 Å². The van der Waals surface area contributed by atoms with Crippen LogP contribution in [-0.2, 0) is 5.41 Å². The van der Waals surface area contributed by atoms with Crippen LogP contribution in [0.15, 0.2) is 71.4 Å². The molecule has 0 aromatic heterocycles. The van der Waals surface area contributed by atoms with Crippen molar-refractivity contribution >= 4 is 22.7 Å². The Bertz CT molecular complexity index is 913. The van der Waals surface area contributed by atoms with Gasteiger partial charge in [-0.2, -0.15) is 0 Å². The second-order valence-electron chi connectivity index (χ2n) is 7.05. The van der Waals surface area contributed by atoms with Gasteiger partial charge in [-0.05, 0) is 30.7 Å².